The third-order valence-electron chi connectivity index (χ3n) is 4.20. The zero-order valence-electron chi connectivity index (χ0n) is 14.5. The maximum atomic E-state index is 12.7. The molecule has 0 N–H and O–H groups in total. The van der Waals surface area contributed by atoms with Crippen LogP contribution in [0.4, 0.5) is 0 Å². The predicted octanol–water partition coefficient (Wildman–Crippen LogP) is 5.25. The van der Waals surface area contributed by atoms with Crippen LogP contribution in [0.1, 0.15) is 6.42 Å². The van der Waals surface area contributed by atoms with Gasteiger partial charge in [-0.25, -0.2) is 4.98 Å². The highest BCUT2D eigenvalue weighted by molar-refractivity contribution is 7.21. The molecule has 0 amide bonds. The Balaban J connectivity index is 1.45. The van der Waals surface area contributed by atoms with E-state index in [1.807, 2.05) is 48.5 Å². The molecular weight excluding hydrogens is 380 g/mol. The topological polar surface area (TPSA) is 44.1 Å². The highest BCUT2D eigenvalue weighted by Gasteiger charge is 2.10. The normalized spacial score (nSPS) is 11.0. The van der Waals surface area contributed by atoms with Crippen LogP contribution in [0.2, 0.25) is 5.02 Å². The van der Waals surface area contributed by atoms with Crippen LogP contribution in [0.5, 0.6) is 5.75 Å². The Morgan fingerprint density at radius 3 is 2.63 bits per heavy atom. The number of benzene rings is 2. The Labute approximate surface area is 165 Å². The van der Waals surface area contributed by atoms with Gasteiger partial charge in [-0.3, -0.25) is 9.36 Å². The van der Waals surface area contributed by atoms with Crippen molar-refractivity contribution >= 4 is 33.2 Å². The average Bonchev–Trinajstić information content (AvgIpc) is 3.14. The van der Waals surface area contributed by atoms with Gasteiger partial charge in [-0.1, -0.05) is 41.9 Å². The summed E-state index contributed by atoms with van der Waals surface area (Å²) < 4.78 is 7.33. The van der Waals surface area contributed by atoms with Crippen LogP contribution >= 0.6 is 22.9 Å². The number of hydrogen-bond acceptors (Lipinski definition) is 4. The van der Waals surface area contributed by atoms with Gasteiger partial charge in [0.1, 0.15) is 10.6 Å². The zero-order chi connectivity index (χ0) is 18.6. The quantitative estimate of drug-likeness (QED) is 0.418. The maximum absolute atomic E-state index is 12.7. The third-order valence-corrected chi connectivity index (χ3v) is 5.55. The molecule has 0 fully saturated rings. The number of hydrogen-bond donors (Lipinski definition) is 0. The first-order valence-corrected chi connectivity index (χ1v) is 9.83. The molecule has 0 saturated carbocycles. The number of thiophene rings is 1. The van der Waals surface area contributed by atoms with Gasteiger partial charge in [-0.05, 0) is 42.3 Å². The Hall–Kier alpha value is -2.63. The number of fused-ring (bicyclic) bond motifs is 1. The van der Waals surface area contributed by atoms with E-state index in [4.69, 9.17) is 16.3 Å². The average molecular weight is 397 g/mol. The number of aromatic nitrogens is 2. The molecule has 0 unspecified atom stereocenters. The van der Waals surface area contributed by atoms with E-state index in [-0.39, 0.29) is 5.56 Å². The molecule has 6 heteroatoms. The molecule has 4 aromatic rings. The van der Waals surface area contributed by atoms with Crippen LogP contribution < -0.4 is 10.3 Å². The van der Waals surface area contributed by atoms with Crippen molar-refractivity contribution in [3.05, 3.63) is 82.4 Å². The molecule has 4 rings (SSSR count). The highest BCUT2D eigenvalue weighted by Crippen LogP contribution is 2.30. The van der Waals surface area contributed by atoms with Gasteiger partial charge in [0, 0.05) is 16.4 Å². The second-order valence-electron chi connectivity index (χ2n) is 6.09. The molecule has 0 spiro atoms. The van der Waals surface area contributed by atoms with E-state index in [9.17, 15) is 4.79 Å². The lowest BCUT2D eigenvalue weighted by molar-refractivity contribution is 0.301. The molecular formula is C21H17ClN2O2S. The van der Waals surface area contributed by atoms with Crippen LogP contribution in [0.3, 0.4) is 0 Å². The van der Waals surface area contributed by atoms with Crippen molar-refractivity contribution < 1.29 is 4.74 Å². The third kappa shape index (κ3) is 4.04. The van der Waals surface area contributed by atoms with Crippen LogP contribution in [0.25, 0.3) is 20.7 Å². The molecule has 0 bridgehead atoms. The molecule has 0 atom stereocenters. The Morgan fingerprint density at radius 2 is 1.85 bits per heavy atom. The summed E-state index contributed by atoms with van der Waals surface area (Å²) in [7, 11) is 0. The molecule has 0 aliphatic rings. The Kier molecular flexibility index (Phi) is 5.23. The summed E-state index contributed by atoms with van der Waals surface area (Å²) in [4.78, 5) is 19.0. The number of halogens is 1. The van der Waals surface area contributed by atoms with E-state index in [1.54, 1.807) is 34.4 Å². The summed E-state index contributed by atoms with van der Waals surface area (Å²) >= 11 is 7.40. The van der Waals surface area contributed by atoms with Crippen molar-refractivity contribution in [1.29, 1.82) is 0 Å². The minimum absolute atomic E-state index is 0.00933. The van der Waals surface area contributed by atoms with E-state index in [2.05, 4.69) is 4.98 Å². The fourth-order valence-electron chi connectivity index (χ4n) is 2.82. The van der Waals surface area contributed by atoms with Gasteiger partial charge in [0.05, 0.1) is 18.3 Å². The van der Waals surface area contributed by atoms with E-state index in [0.29, 0.717) is 30.0 Å². The molecule has 2 aromatic heterocycles. The summed E-state index contributed by atoms with van der Waals surface area (Å²) in [6.07, 6.45) is 2.34. The number of nitrogens with zero attached hydrogens (tertiary/aromatic N) is 2. The summed E-state index contributed by atoms with van der Waals surface area (Å²) in [5.41, 5.74) is 1.09. The molecule has 0 radical (unpaired) electrons. The zero-order valence-corrected chi connectivity index (χ0v) is 16.0. The van der Waals surface area contributed by atoms with Crippen LogP contribution in [0.15, 0.2) is 71.8 Å². The number of aryl methyl sites for hydroxylation is 1. The van der Waals surface area contributed by atoms with Crippen molar-refractivity contribution in [2.45, 2.75) is 13.0 Å². The van der Waals surface area contributed by atoms with Crippen molar-refractivity contribution in [3.8, 4) is 16.2 Å². The Morgan fingerprint density at radius 1 is 1.07 bits per heavy atom. The van der Waals surface area contributed by atoms with Gasteiger partial charge < -0.3 is 4.74 Å². The van der Waals surface area contributed by atoms with Gasteiger partial charge in [0.25, 0.3) is 5.56 Å². The molecule has 2 aromatic carbocycles. The minimum Gasteiger partial charge on any atom is -0.494 e. The first kappa shape index (κ1) is 17.8. The fourth-order valence-corrected chi connectivity index (χ4v) is 3.94. The van der Waals surface area contributed by atoms with Gasteiger partial charge in [0.15, 0.2) is 0 Å². The standard InChI is InChI=1S/C21H17ClN2O2S/c22-16-7-9-17(10-8-16)26-12-4-11-24-14-23-20-18(21(24)25)13-19(27-20)15-5-2-1-3-6-15/h1-3,5-10,13-14H,4,11-12H2. The first-order chi connectivity index (χ1) is 13.2. The SMILES string of the molecule is O=c1c2cc(-c3ccccc3)sc2ncn1CCCOc1ccc(Cl)cc1. The number of ether oxygens (including phenoxy) is 1. The van der Waals surface area contributed by atoms with Crippen molar-refractivity contribution in [3.63, 3.8) is 0 Å². The molecule has 136 valence electrons. The van der Waals surface area contributed by atoms with Crippen molar-refractivity contribution in [2.24, 2.45) is 0 Å². The molecule has 0 aliphatic heterocycles. The van der Waals surface area contributed by atoms with Crippen molar-refractivity contribution in [2.75, 3.05) is 6.61 Å². The minimum atomic E-state index is -0.00933. The van der Waals surface area contributed by atoms with Crippen LogP contribution in [0, 0.1) is 0 Å². The second-order valence-corrected chi connectivity index (χ2v) is 7.56. The molecule has 0 aliphatic carbocycles. The highest BCUT2D eigenvalue weighted by atomic mass is 35.5. The van der Waals surface area contributed by atoms with Gasteiger partial charge in [-0.2, -0.15) is 0 Å². The van der Waals surface area contributed by atoms with E-state index in [0.717, 1.165) is 21.0 Å². The monoisotopic (exact) mass is 396 g/mol. The molecule has 4 nitrogen and oxygen atoms in total. The van der Waals surface area contributed by atoms with E-state index in [1.165, 1.54) is 0 Å². The predicted molar refractivity (Wildman–Crippen MR) is 111 cm³/mol. The number of rotatable bonds is 6. The maximum Gasteiger partial charge on any atom is 0.262 e. The Bertz CT molecular complexity index is 1100. The van der Waals surface area contributed by atoms with E-state index >= 15 is 0 Å². The summed E-state index contributed by atoms with van der Waals surface area (Å²) in [6, 6.07) is 19.2. The van der Waals surface area contributed by atoms with Crippen molar-refractivity contribution in [1.82, 2.24) is 9.55 Å². The van der Waals surface area contributed by atoms with Crippen LogP contribution in [-0.2, 0) is 6.54 Å². The lowest BCUT2D eigenvalue weighted by Gasteiger charge is -2.07. The summed E-state index contributed by atoms with van der Waals surface area (Å²) in [5.74, 6) is 0.769. The van der Waals surface area contributed by atoms with Gasteiger partial charge >= 0.3 is 0 Å². The largest absolute Gasteiger partial charge is 0.494 e. The van der Waals surface area contributed by atoms with Crippen LogP contribution in [-0.4, -0.2) is 16.2 Å². The summed E-state index contributed by atoms with van der Waals surface area (Å²) in [6.45, 7) is 1.08. The first-order valence-electron chi connectivity index (χ1n) is 8.63. The lowest BCUT2D eigenvalue weighted by atomic mass is 10.2. The van der Waals surface area contributed by atoms with Gasteiger partial charge in [-0.15, -0.1) is 11.3 Å². The van der Waals surface area contributed by atoms with Gasteiger partial charge in [0.2, 0.25) is 0 Å². The molecule has 27 heavy (non-hydrogen) atoms. The summed E-state index contributed by atoms with van der Waals surface area (Å²) in [5, 5.41) is 1.35. The molecule has 2 heterocycles. The molecule has 0 saturated heterocycles. The fraction of sp³-hybridized carbons (Fsp3) is 0.143. The second kappa shape index (κ2) is 7.94. The smallest absolute Gasteiger partial charge is 0.262 e. The lowest BCUT2D eigenvalue weighted by Crippen LogP contribution is -2.21. The van der Waals surface area contributed by atoms with E-state index < -0.39 is 0 Å².